The van der Waals surface area contributed by atoms with E-state index in [0.29, 0.717) is 28.6 Å². The van der Waals surface area contributed by atoms with Crippen LogP contribution in [0.1, 0.15) is 46.5 Å². The van der Waals surface area contributed by atoms with Crippen molar-refractivity contribution in [3.05, 3.63) is 28.2 Å². The van der Waals surface area contributed by atoms with Gasteiger partial charge in [0.2, 0.25) is 5.91 Å². The fourth-order valence-electron chi connectivity index (χ4n) is 4.25. The fraction of sp³-hybridized carbons (Fsp3) is 0.556. The summed E-state index contributed by atoms with van der Waals surface area (Å²) in [6.07, 6.45) is 1.91. The van der Waals surface area contributed by atoms with Crippen molar-refractivity contribution in [1.82, 2.24) is 0 Å². The van der Waals surface area contributed by atoms with Crippen LogP contribution < -0.4 is 5.32 Å². The SMILES string of the molecule is C[C@@H]1CC(C)(C)C[C@](CC(=O)Nc2cc(Cl)cc(Cl)c2)(C(=O)O)C1. The Balaban J connectivity index is 2.18. The third-order valence-corrected chi connectivity index (χ3v) is 4.99. The Kier molecular flexibility index (Phi) is 5.50. The number of amides is 1. The Labute approximate surface area is 152 Å². The van der Waals surface area contributed by atoms with Crippen molar-refractivity contribution in [3.8, 4) is 0 Å². The molecule has 4 nitrogen and oxygen atoms in total. The van der Waals surface area contributed by atoms with Crippen molar-refractivity contribution in [3.63, 3.8) is 0 Å². The van der Waals surface area contributed by atoms with Crippen molar-refractivity contribution in [1.29, 1.82) is 0 Å². The van der Waals surface area contributed by atoms with Gasteiger partial charge in [-0.3, -0.25) is 9.59 Å². The highest BCUT2D eigenvalue weighted by atomic mass is 35.5. The van der Waals surface area contributed by atoms with Gasteiger partial charge in [0.15, 0.2) is 0 Å². The Morgan fingerprint density at radius 3 is 2.29 bits per heavy atom. The number of aliphatic carboxylic acids is 1. The lowest BCUT2D eigenvalue weighted by Gasteiger charge is -2.44. The van der Waals surface area contributed by atoms with Crippen LogP contribution in [-0.2, 0) is 9.59 Å². The van der Waals surface area contributed by atoms with Crippen molar-refractivity contribution in [2.45, 2.75) is 46.5 Å². The number of carboxylic acid groups (broad SMARTS) is 1. The second kappa shape index (κ2) is 6.93. The maximum Gasteiger partial charge on any atom is 0.310 e. The second-order valence-electron chi connectivity index (χ2n) is 7.82. The van der Waals surface area contributed by atoms with Gasteiger partial charge >= 0.3 is 5.97 Å². The van der Waals surface area contributed by atoms with E-state index in [1.54, 1.807) is 18.2 Å². The van der Waals surface area contributed by atoms with Gasteiger partial charge in [-0.1, -0.05) is 44.0 Å². The van der Waals surface area contributed by atoms with Gasteiger partial charge in [0.1, 0.15) is 0 Å². The van der Waals surface area contributed by atoms with Gasteiger partial charge in [-0.2, -0.15) is 0 Å². The van der Waals surface area contributed by atoms with Crippen LogP contribution >= 0.6 is 23.2 Å². The Morgan fingerprint density at radius 1 is 1.21 bits per heavy atom. The molecular weight excluding hydrogens is 349 g/mol. The third kappa shape index (κ3) is 4.64. The maximum atomic E-state index is 12.5. The number of carbonyl (C=O) groups is 2. The van der Waals surface area contributed by atoms with E-state index in [-0.39, 0.29) is 23.7 Å². The molecule has 0 aliphatic heterocycles. The van der Waals surface area contributed by atoms with Gasteiger partial charge in [-0.25, -0.2) is 0 Å². The molecule has 1 amide bonds. The molecule has 0 saturated heterocycles. The average Bonchev–Trinajstić information content (AvgIpc) is 2.33. The summed E-state index contributed by atoms with van der Waals surface area (Å²) in [5.74, 6) is -0.972. The Hall–Kier alpha value is -1.26. The summed E-state index contributed by atoms with van der Waals surface area (Å²) in [7, 11) is 0. The molecule has 2 atom stereocenters. The topological polar surface area (TPSA) is 66.4 Å². The molecule has 1 aliphatic rings. The number of nitrogens with one attached hydrogen (secondary N) is 1. The molecule has 1 aromatic rings. The molecule has 0 heterocycles. The zero-order valence-electron chi connectivity index (χ0n) is 14.2. The third-order valence-electron chi connectivity index (χ3n) is 4.56. The van der Waals surface area contributed by atoms with Crippen molar-refractivity contribution >= 4 is 40.8 Å². The minimum Gasteiger partial charge on any atom is -0.481 e. The van der Waals surface area contributed by atoms with E-state index in [9.17, 15) is 14.7 Å². The fourth-order valence-corrected chi connectivity index (χ4v) is 4.78. The summed E-state index contributed by atoms with van der Waals surface area (Å²) < 4.78 is 0. The molecule has 0 unspecified atom stereocenters. The van der Waals surface area contributed by atoms with Gasteiger partial charge in [0.05, 0.1) is 5.41 Å². The van der Waals surface area contributed by atoms with E-state index in [1.165, 1.54) is 0 Å². The highest BCUT2D eigenvalue weighted by Gasteiger charge is 2.49. The monoisotopic (exact) mass is 371 g/mol. The van der Waals surface area contributed by atoms with Gasteiger partial charge in [-0.15, -0.1) is 0 Å². The van der Waals surface area contributed by atoms with E-state index in [2.05, 4.69) is 19.2 Å². The summed E-state index contributed by atoms with van der Waals surface area (Å²) in [5, 5.41) is 13.4. The minimum absolute atomic E-state index is 0.0553. The molecule has 2 rings (SSSR count). The summed E-state index contributed by atoms with van der Waals surface area (Å²) in [4.78, 5) is 24.5. The number of carboxylic acids is 1. The van der Waals surface area contributed by atoms with Gasteiger partial charge in [-0.05, 0) is 48.8 Å². The first-order chi connectivity index (χ1) is 11.0. The average molecular weight is 372 g/mol. The predicted octanol–water partition coefficient (Wildman–Crippen LogP) is 5.24. The normalized spacial score (nSPS) is 26.0. The summed E-state index contributed by atoms with van der Waals surface area (Å²) >= 11 is 11.9. The van der Waals surface area contributed by atoms with E-state index in [0.717, 1.165) is 6.42 Å². The number of benzene rings is 1. The number of halogens is 2. The van der Waals surface area contributed by atoms with E-state index >= 15 is 0 Å². The predicted molar refractivity (Wildman–Crippen MR) is 96.6 cm³/mol. The molecule has 0 aromatic heterocycles. The quantitative estimate of drug-likeness (QED) is 0.760. The summed E-state index contributed by atoms with van der Waals surface area (Å²) in [5.41, 5.74) is -0.662. The van der Waals surface area contributed by atoms with E-state index in [1.807, 2.05) is 6.92 Å². The first kappa shape index (κ1) is 19.1. The van der Waals surface area contributed by atoms with Crippen molar-refractivity contribution < 1.29 is 14.7 Å². The van der Waals surface area contributed by atoms with Gasteiger partial charge in [0, 0.05) is 22.2 Å². The molecule has 6 heteroatoms. The van der Waals surface area contributed by atoms with Crippen LogP contribution in [0.5, 0.6) is 0 Å². The highest BCUT2D eigenvalue weighted by molar-refractivity contribution is 6.35. The minimum atomic E-state index is -1.03. The lowest BCUT2D eigenvalue weighted by atomic mass is 9.59. The van der Waals surface area contributed by atoms with E-state index in [4.69, 9.17) is 23.2 Å². The largest absolute Gasteiger partial charge is 0.481 e. The molecule has 24 heavy (non-hydrogen) atoms. The first-order valence-electron chi connectivity index (χ1n) is 8.01. The lowest BCUT2D eigenvalue weighted by Crippen LogP contribution is -2.44. The molecule has 0 bridgehead atoms. The van der Waals surface area contributed by atoms with Crippen LogP contribution in [0.4, 0.5) is 5.69 Å². The molecular formula is C18H23Cl2NO3. The smallest absolute Gasteiger partial charge is 0.310 e. The van der Waals surface area contributed by atoms with Crippen LogP contribution in [0.25, 0.3) is 0 Å². The number of anilines is 1. The number of carbonyl (C=O) groups excluding carboxylic acids is 1. The molecule has 132 valence electrons. The second-order valence-corrected chi connectivity index (χ2v) is 8.70. The standard InChI is InChI=1S/C18H23Cl2NO3/c1-11-7-17(2,3)10-18(8-11,16(23)24)9-15(22)21-14-5-12(19)4-13(20)6-14/h4-6,11H,7-10H2,1-3H3,(H,21,22)(H,23,24)/t11-,18+/m1/s1. The number of hydrogen-bond acceptors (Lipinski definition) is 2. The van der Waals surface area contributed by atoms with Crippen molar-refractivity contribution in [2.75, 3.05) is 5.32 Å². The summed E-state index contributed by atoms with van der Waals surface area (Å²) in [6, 6.07) is 4.75. The Morgan fingerprint density at radius 2 is 1.79 bits per heavy atom. The maximum absolute atomic E-state index is 12.5. The molecule has 2 N–H and O–H groups in total. The zero-order valence-corrected chi connectivity index (χ0v) is 15.7. The molecule has 1 saturated carbocycles. The van der Waals surface area contributed by atoms with Crippen LogP contribution in [0.3, 0.4) is 0 Å². The highest BCUT2D eigenvalue weighted by Crippen LogP contribution is 2.50. The van der Waals surface area contributed by atoms with E-state index < -0.39 is 11.4 Å². The zero-order chi connectivity index (χ0) is 18.1. The summed E-state index contributed by atoms with van der Waals surface area (Å²) in [6.45, 7) is 6.18. The lowest BCUT2D eigenvalue weighted by molar-refractivity contribution is -0.157. The first-order valence-corrected chi connectivity index (χ1v) is 8.76. The molecule has 1 aliphatic carbocycles. The van der Waals surface area contributed by atoms with Crippen LogP contribution in [0.2, 0.25) is 10.0 Å². The van der Waals surface area contributed by atoms with Crippen molar-refractivity contribution in [2.24, 2.45) is 16.7 Å². The van der Waals surface area contributed by atoms with Gasteiger partial charge < -0.3 is 10.4 Å². The van der Waals surface area contributed by atoms with Gasteiger partial charge in [0.25, 0.3) is 0 Å². The number of hydrogen-bond donors (Lipinski definition) is 2. The van der Waals surface area contributed by atoms with Crippen LogP contribution in [0, 0.1) is 16.7 Å². The molecule has 1 aromatic carbocycles. The van der Waals surface area contributed by atoms with Crippen LogP contribution in [0.15, 0.2) is 18.2 Å². The molecule has 0 radical (unpaired) electrons. The number of rotatable bonds is 4. The Bertz CT molecular complexity index is 639. The molecule has 0 spiro atoms. The van der Waals surface area contributed by atoms with Crippen LogP contribution in [-0.4, -0.2) is 17.0 Å². The molecule has 1 fully saturated rings.